The third-order valence-electron chi connectivity index (χ3n) is 4.63. The molecule has 0 aliphatic carbocycles. The molecular weight excluding hydrogens is 338 g/mol. The van der Waals surface area contributed by atoms with Crippen molar-refractivity contribution in [3.05, 3.63) is 59.9 Å². The number of esters is 1. The summed E-state index contributed by atoms with van der Waals surface area (Å²) in [6, 6.07) is 15.2. The van der Waals surface area contributed by atoms with Crippen LogP contribution in [0.5, 0.6) is 0 Å². The molecule has 1 heterocycles. The molecule has 0 unspecified atom stereocenters. The van der Waals surface area contributed by atoms with Crippen molar-refractivity contribution >= 4 is 28.4 Å². The molecule has 0 saturated carbocycles. The van der Waals surface area contributed by atoms with Crippen LogP contribution in [0.25, 0.3) is 10.9 Å². The highest BCUT2D eigenvalue weighted by molar-refractivity contribution is 5.92. The van der Waals surface area contributed by atoms with E-state index in [1.807, 2.05) is 36.4 Å². The lowest BCUT2D eigenvalue weighted by Crippen LogP contribution is -2.07. The van der Waals surface area contributed by atoms with E-state index < -0.39 is 0 Å². The third kappa shape index (κ3) is 4.25. The van der Waals surface area contributed by atoms with E-state index in [0.29, 0.717) is 18.1 Å². The summed E-state index contributed by atoms with van der Waals surface area (Å²) in [7, 11) is 0. The number of aromatic nitrogens is 2. The minimum atomic E-state index is -0.312. The molecule has 3 rings (SSSR count). The van der Waals surface area contributed by atoms with Crippen LogP contribution in [-0.4, -0.2) is 22.5 Å². The van der Waals surface area contributed by atoms with E-state index >= 15 is 0 Å². The second-order valence-electron chi connectivity index (χ2n) is 6.38. The van der Waals surface area contributed by atoms with Crippen LogP contribution in [0.1, 0.15) is 55.7 Å². The van der Waals surface area contributed by atoms with Crippen LogP contribution in [0.15, 0.2) is 48.5 Å². The number of anilines is 2. The van der Waals surface area contributed by atoms with Gasteiger partial charge in [-0.1, -0.05) is 26.0 Å². The summed E-state index contributed by atoms with van der Waals surface area (Å²) in [6.07, 6.45) is 2.00. The Morgan fingerprint density at radius 2 is 1.70 bits per heavy atom. The Bertz CT molecular complexity index is 918. The quantitative estimate of drug-likeness (QED) is 0.565. The molecule has 0 atom stereocenters. The number of para-hydroxylation sites is 1. The normalized spacial score (nSPS) is 11.0. The second kappa shape index (κ2) is 8.62. The summed E-state index contributed by atoms with van der Waals surface area (Å²) in [5.41, 5.74) is 2.33. The Morgan fingerprint density at radius 3 is 2.37 bits per heavy atom. The van der Waals surface area contributed by atoms with Gasteiger partial charge in [0.15, 0.2) is 0 Å². The number of rotatable bonds is 7. The molecule has 27 heavy (non-hydrogen) atoms. The van der Waals surface area contributed by atoms with Crippen molar-refractivity contribution in [3.8, 4) is 0 Å². The van der Waals surface area contributed by atoms with Crippen molar-refractivity contribution in [2.75, 3.05) is 11.9 Å². The summed E-state index contributed by atoms with van der Waals surface area (Å²) in [5, 5.41) is 4.36. The lowest BCUT2D eigenvalue weighted by molar-refractivity contribution is 0.0526. The summed E-state index contributed by atoms with van der Waals surface area (Å²) < 4.78 is 5.03. The SMILES string of the molecule is CCOC(=O)c1ccc(Nc2nc(C(CC)CC)nc3ccccc23)cc1. The molecule has 2 aromatic carbocycles. The minimum absolute atomic E-state index is 0.312. The molecule has 0 bridgehead atoms. The number of ether oxygens (including phenoxy) is 1. The standard InChI is InChI=1S/C22H25N3O2/c1-4-15(5-2)20-24-19-10-8-7-9-18(19)21(25-20)23-17-13-11-16(12-14-17)22(26)27-6-3/h7-15H,4-6H2,1-3H3,(H,23,24,25). The van der Waals surface area contributed by atoms with Crippen LogP contribution in [-0.2, 0) is 4.74 Å². The first kappa shape index (κ1) is 18.8. The minimum Gasteiger partial charge on any atom is -0.462 e. The second-order valence-corrected chi connectivity index (χ2v) is 6.38. The fourth-order valence-corrected chi connectivity index (χ4v) is 3.07. The largest absolute Gasteiger partial charge is 0.462 e. The van der Waals surface area contributed by atoms with Gasteiger partial charge in [0.2, 0.25) is 0 Å². The van der Waals surface area contributed by atoms with E-state index in [2.05, 4.69) is 19.2 Å². The van der Waals surface area contributed by atoms with E-state index in [1.54, 1.807) is 19.1 Å². The fraction of sp³-hybridized carbons (Fsp3) is 0.318. The molecule has 140 valence electrons. The highest BCUT2D eigenvalue weighted by Gasteiger charge is 2.14. The molecule has 3 aromatic rings. The predicted octanol–water partition coefficient (Wildman–Crippen LogP) is 5.45. The number of hydrogen-bond donors (Lipinski definition) is 1. The number of benzene rings is 2. The van der Waals surface area contributed by atoms with E-state index in [4.69, 9.17) is 14.7 Å². The Hall–Kier alpha value is -2.95. The van der Waals surface area contributed by atoms with Gasteiger partial charge < -0.3 is 10.1 Å². The Kier molecular flexibility index (Phi) is 6.01. The van der Waals surface area contributed by atoms with Crippen molar-refractivity contribution in [2.45, 2.75) is 39.5 Å². The van der Waals surface area contributed by atoms with Crippen LogP contribution >= 0.6 is 0 Å². The van der Waals surface area contributed by atoms with Crippen LogP contribution < -0.4 is 5.32 Å². The summed E-state index contributed by atoms with van der Waals surface area (Å²) in [4.78, 5) is 21.4. The summed E-state index contributed by atoms with van der Waals surface area (Å²) in [5.74, 6) is 1.67. The number of fused-ring (bicyclic) bond motifs is 1. The Morgan fingerprint density at radius 1 is 1.00 bits per heavy atom. The van der Waals surface area contributed by atoms with E-state index in [1.165, 1.54) is 0 Å². The molecule has 0 aliphatic rings. The lowest BCUT2D eigenvalue weighted by Gasteiger charge is -2.15. The van der Waals surface area contributed by atoms with E-state index in [0.717, 1.165) is 41.1 Å². The van der Waals surface area contributed by atoms with Crippen molar-refractivity contribution < 1.29 is 9.53 Å². The van der Waals surface area contributed by atoms with E-state index in [-0.39, 0.29) is 5.97 Å². The molecule has 0 saturated heterocycles. The third-order valence-corrected chi connectivity index (χ3v) is 4.63. The van der Waals surface area contributed by atoms with Crippen molar-refractivity contribution in [1.82, 2.24) is 9.97 Å². The first-order valence-corrected chi connectivity index (χ1v) is 9.47. The maximum Gasteiger partial charge on any atom is 0.338 e. The fourth-order valence-electron chi connectivity index (χ4n) is 3.07. The maximum atomic E-state index is 11.8. The van der Waals surface area contributed by atoms with Crippen LogP contribution in [0.3, 0.4) is 0 Å². The first-order valence-electron chi connectivity index (χ1n) is 9.47. The summed E-state index contributed by atoms with van der Waals surface area (Å²) >= 11 is 0. The Balaban J connectivity index is 1.94. The number of carbonyl (C=O) groups is 1. The van der Waals surface area contributed by atoms with Gasteiger partial charge >= 0.3 is 5.97 Å². The zero-order chi connectivity index (χ0) is 19.2. The van der Waals surface area contributed by atoms with Gasteiger partial charge in [0.25, 0.3) is 0 Å². The predicted molar refractivity (Wildman–Crippen MR) is 109 cm³/mol. The van der Waals surface area contributed by atoms with Crippen LogP contribution in [0.2, 0.25) is 0 Å². The molecule has 0 amide bonds. The maximum absolute atomic E-state index is 11.8. The molecule has 5 nitrogen and oxygen atoms in total. The number of carbonyl (C=O) groups excluding carboxylic acids is 1. The monoisotopic (exact) mass is 363 g/mol. The highest BCUT2D eigenvalue weighted by Crippen LogP contribution is 2.28. The average molecular weight is 363 g/mol. The van der Waals surface area contributed by atoms with Crippen molar-refractivity contribution in [2.24, 2.45) is 0 Å². The first-order chi connectivity index (χ1) is 13.2. The molecule has 1 aromatic heterocycles. The van der Waals surface area contributed by atoms with Gasteiger partial charge in [0, 0.05) is 17.0 Å². The average Bonchev–Trinajstić information content (AvgIpc) is 2.70. The number of nitrogens with one attached hydrogen (secondary N) is 1. The van der Waals surface area contributed by atoms with Crippen molar-refractivity contribution in [3.63, 3.8) is 0 Å². The highest BCUT2D eigenvalue weighted by atomic mass is 16.5. The zero-order valence-corrected chi connectivity index (χ0v) is 16.0. The number of hydrogen-bond acceptors (Lipinski definition) is 5. The van der Waals surface area contributed by atoms with Gasteiger partial charge in [0.1, 0.15) is 11.6 Å². The van der Waals surface area contributed by atoms with Gasteiger partial charge in [0.05, 0.1) is 17.7 Å². The summed E-state index contributed by atoms with van der Waals surface area (Å²) in [6.45, 7) is 6.48. The molecular formula is C22H25N3O2. The van der Waals surface area contributed by atoms with E-state index in [9.17, 15) is 4.79 Å². The molecule has 0 aliphatic heterocycles. The van der Waals surface area contributed by atoms with Crippen LogP contribution in [0.4, 0.5) is 11.5 Å². The molecule has 5 heteroatoms. The van der Waals surface area contributed by atoms with Crippen LogP contribution in [0, 0.1) is 0 Å². The van der Waals surface area contributed by atoms with Gasteiger partial charge in [-0.05, 0) is 56.2 Å². The number of nitrogens with zero attached hydrogens (tertiary/aromatic N) is 2. The van der Waals surface area contributed by atoms with Gasteiger partial charge in [-0.3, -0.25) is 0 Å². The Labute approximate surface area is 159 Å². The molecule has 1 N–H and O–H groups in total. The lowest BCUT2D eigenvalue weighted by atomic mass is 10.0. The van der Waals surface area contributed by atoms with Gasteiger partial charge in [-0.2, -0.15) is 0 Å². The van der Waals surface area contributed by atoms with Crippen molar-refractivity contribution in [1.29, 1.82) is 0 Å². The molecule has 0 spiro atoms. The topological polar surface area (TPSA) is 64.1 Å². The molecule has 0 radical (unpaired) electrons. The van der Waals surface area contributed by atoms with Gasteiger partial charge in [-0.15, -0.1) is 0 Å². The zero-order valence-electron chi connectivity index (χ0n) is 16.0. The smallest absolute Gasteiger partial charge is 0.338 e. The van der Waals surface area contributed by atoms with Gasteiger partial charge in [-0.25, -0.2) is 14.8 Å². The molecule has 0 fully saturated rings.